The maximum absolute atomic E-state index is 6.34. The molecule has 1 fully saturated rings. The van der Waals surface area contributed by atoms with Gasteiger partial charge in [-0.1, -0.05) is 23.9 Å². The Labute approximate surface area is 119 Å². The summed E-state index contributed by atoms with van der Waals surface area (Å²) in [5.74, 6) is 0. The van der Waals surface area contributed by atoms with E-state index in [4.69, 9.17) is 16.3 Å². The summed E-state index contributed by atoms with van der Waals surface area (Å²) in [6.07, 6.45) is 5.33. The third-order valence-electron chi connectivity index (χ3n) is 3.87. The Morgan fingerprint density at radius 1 is 1.47 bits per heavy atom. The summed E-state index contributed by atoms with van der Waals surface area (Å²) in [4.78, 5) is 0. The van der Waals surface area contributed by atoms with Crippen LogP contribution < -0.4 is 5.46 Å². The van der Waals surface area contributed by atoms with Crippen LogP contribution in [0.2, 0.25) is 11.8 Å². The van der Waals surface area contributed by atoms with Crippen LogP contribution >= 0.6 is 11.6 Å². The summed E-state index contributed by atoms with van der Waals surface area (Å²) in [6.45, 7) is 4.90. The van der Waals surface area contributed by atoms with Crippen molar-refractivity contribution in [1.82, 2.24) is 9.78 Å². The van der Waals surface area contributed by atoms with Crippen LogP contribution in [0, 0.1) is 6.92 Å². The zero-order chi connectivity index (χ0) is 13.4. The second-order valence-corrected chi connectivity index (χ2v) is 5.44. The molecule has 1 aromatic carbocycles. The largest absolute Gasteiger partial charge is 0.356 e. The van der Waals surface area contributed by atoms with Crippen LogP contribution in [0.15, 0.2) is 12.3 Å². The number of hydrogen-bond donors (Lipinski definition) is 0. The number of halogens is 1. The lowest BCUT2D eigenvalue weighted by Gasteiger charge is -2.23. The number of aromatic nitrogens is 2. The topological polar surface area (TPSA) is 27.1 Å². The molecule has 0 saturated carbocycles. The molecule has 0 N–H and O–H groups in total. The molecule has 0 bridgehead atoms. The van der Waals surface area contributed by atoms with Gasteiger partial charge in [0.05, 0.1) is 11.7 Å². The number of fused-ring (bicyclic) bond motifs is 1. The van der Waals surface area contributed by atoms with Gasteiger partial charge in [-0.2, -0.15) is 5.10 Å². The van der Waals surface area contributed by atoms with E-state index in [2.05, 4.69) is 12.4 Å². The Morgan fingerprint density at radius 2 is 2.32 bits per heavy atom. The average molecular weight is 276 g/mol. The fourth-order valence-electron chi connectivity index (χ4n) is 2.80. The van der Waals surface area contributed by atoms with Gasteiger partial charge in [0.15, 0.2) is 6.23 Å². The SMILES string of the molecule is C[B]c1c(C)c(Cl)cc2c1cnn2C1CCCCO1. The third-order valence-corrected chi connectivity index (χ3v) is 4.26. The molecule has 1 unspecified atom stereocenters. The van der Waals surface area contributed by atoms with E-state index in [-0.39, 0.29) is 6.23 Å². The van der Waals surface area contributed by atoms with Crippen molar-refractivity contribution in [2.45, 2.75) is 39.2 Å². The summed E-state index contributed by atoms with van der Waals surface area (Å²) >= 11 is 6.34. The van der Waals surface area contributed by atoms with E-state index in [1.165, 1.54) is 11.9 Å². The summed E-state index contributed by atoms with van der Waals surface area (Å²) in [7, 11) is 2.09. The zero-order valence-corrected chi connectivity index (χ0v) is 12.1. The van der Waals surface area contributed by atoms with Gasteiger partial charge < -0.3 is 4.74 Å². The van der Waals surface area contributed by atoms with Gasteiger partial charge in [0.25, 0.3) is 0 Å². The van der Waals surface area contributed by atoms with Crippen molar-refractivity contribution in [3.8, 4) is 0 Å². The quantitative estimate of drug-likeness (QED) is 0.788. The molecule has 1 aliphatic rings. The lowest BCUT2D eigenvalue weighted by atomic mass is 9.69. The van der Waals surface area contributed by atoms with Gasteiger partial charge in [-0.05, 0) is 37.8 Å². The highest BCUT2D eigenvalue weighted by molar-refractivity contribution is 6.57. The normalized spacial score (nSPS) is 19.8. The molecule has 1 saturated heterocycles. The van der Waals surface area contributed by atoms with Crippen molar-refractivity contribution in [2.75, 3.05) is 6.61 Å². The average Bonchev–Trinajstić information content (AvgIpc) is 2.84. The molecule has 5 heteroatoms. The Kier molecular flexibility index (Phi) is 3.55. The number of ether oxygens (including phenoxy) is 1. The summed E-state index contributed by atoms with van der Waals surface area (Å²) < 4.78 is 7.80. The first-order valence-electron chi connectivity index (χ1n) is 6.79. The Hall–Kier alpha value is -0.995. The highest BCUT2D eigenvalue weighted by Gasteiger charge is 2.20. The Bertz CT molecular complexity index is 605. The van der Waals surface area contributed by atoms with E-state index in [1.54, 1.807) is 0 Å². The molecule has 19 heavy (non-hydrogen) atoms. The van der Waals surface area contributed by atoms with Crippen LogP contribution in [0.1, 0.15) is 31.1 Å². The van der Waals surface area contributed by atoms with E-state index >= 15 is 0 Å². The fourth-order valence-corrected chi connectivity index (χ4v) is 3.01. The Balaban J connectivity index is 2.14. The zero-order valence-electron chi connectivity index (χ0n) is 11.3. The summed E-state index contributed by atoms with van der Waals surface area (Å²) in [5.41, 5.74) is 3.35. The molecule has 0 amide bonds. The molecule has 1 radical (unpaired) electrons. The van der Waals surface area contributed by atoms with Crippen molar-refractivity contribution in [1.29, 1.82) is 0 Å². The minimum absolute atomic E-state index is 0.0507. The minimum Gasteiger partial charge on any atom is -0.356 e. The number of rotatable bonds is 2. The maximum atomic E-state index is 6.34. The standard InChI is InChI=1S/C14H17BClN2O/c1-9-11(16)7-12-10(14(9)15-2)8-17-18(12)13-5-3-4-6-19-13/h7-8,13H,3-6H2,1-2H3. The van der Waals surface area contributed by atoms with Crippen molar-refractivity contribution in [2.24, 2.45) is 0 Å². The van der Waals surface area contributed by atoms with Gasteiger partial charge in [0.1, 0.15) is 7.28 Å². The first kappa shape index (κ1) is 13.0. The van der Waals surface area contributed by atoms with Gasteiger partial charge >= 0.3 is 0 Å². The van der Waals surface area contributed by atoms with E-state index in [9.17, 15) is 0 Å². The van der Waals surface area contributed by atoms with E-state index in [1.807, 2.05) is 30.7 Å². The molecular formula is C14H17BClN2O. The van der Waals surface area contributed by atoms with Crippen molar-refractivity contribution < 1.29 is 4.74 Å². The minimum atomic E-state index is 0.0507. The first-order chi connectivity index (χ1) is 9.22. The molecule has 1 atom stereocenters. The molecule has 1 aliphatic heterocycles. The molecule has 2 heterocycles. The third kappa shape index (κ3) is 2.17. The fraction of sp³-hybridized carbons (Fsp3) is 0.500. The van der Waals surface area contributed by atoms with Gasteiger partial charge in [0.2, 0.25) is 0 Å². The van der Waals surface area contributed by atoms with Crippen molar-refractivity contribution >= 4 is 35.2 Å². The van der Waals surface area contributed by atoms with E-state index in [0.717, 1.165) is 40.9 Å². The smallest absolute Gasteiger partial charge is 0.150 e. The first-order valence-corrected chi connectivity index (χ1v) is 7.17. The van der Waals surface area contributed by atoms with Crippen LogP contribution in [0.3, 0.4) is 0 Å². The van der Waals surface area contributed by atoms with E-state index in [0.29, 0.717) is 0 Å². The maximum Gasteiger partial charge on any atom is 0.150 e. The van der Waals surface area contributed by atoms with Crippen molar-refractivity contribution in [3.63, 3.8) is 0 Å². The number of hydrogen-bond acceptors (Lipinski definition) is 2. The molecule has 3 nitrogen and oxygen atoms in total. The second-order valence-electron chi connectivity index (χ2n) is 5.03. The van der Waals surface area contributed by atoms with Crippen LogP contribution in [0.4, 0.5) is 0 Å². The molecule has 2 aromatic rings. The van der Waals surface area contributed by atoms with Crippen molar-refractivity contribution in [3.05, 3.63) is 22.8 Å². The lowest BCUT2D eigenvalue weighted by molar-refractivity contribution is -0.0366. The Morgan fingerprint density at radius 3 is 3.00 bits per heavy atom. The number of nitrogens with zero attached hydrogens (tertiary/aromatic N) is 2. The second kappa shape index (κ2) is 5.18. The predicted octanol–water partition coefficient (Wildman–Crippen LogP) is 3.07. The monoisotopic (exact) mass is 275 g/mol. The predicted molar refractivity (Wildman–Crippen MR) is 79.6 cm³/mol. The van der Waals surface area contributed by atoms with Gasteiger partial charge in [-0.3, -0.25) is 0 Å². The van der Waals surface area contributed by atoms with Crippen LogP contribution in [-0.4, -0.2) is 23.7 Å². The molecule has 1 aromatic heterocycles. The van der Waals surface area contributed by atoms with Crippen LogP contribution in [0.5, 0.6) is 0 Å². The lowest BCUT2D eigenvalue weighted by Crippen LogP contribution is -2.20. The highest BCUT2D eigenvalue weighted by Crippen LogP contribution is 2.28. The summed E-state index contributed by atoms with van der Waals surface area (Å²) in [6, 6.07) is 2.00. The molecule has 0 aliphatic carbocycles. The number of benzene rings is 1. The molecule has 3 rings (SSSR count). The van der Waals surface area contributed by atoms with Gasteiger partial charge in [-0.25, -0.2) is 4.68 Å². The molecular weight excluding hydrogens is 258 g/mol. The van der Waals surface area contributed by atoms with Crippen LogP contribution in [0.25, 0.3) is 10.9 Å². The van der Waals surface area contributed by atoms with Gasteiger partial charge in [-0.15, -0.1) is 0 Å². The highest BCUT2D eigenvalue weighted by atomic mass is 35.5. The van der Waals surface area contributed by atoms with E-state index < -0.39 is 0 Å². The van der Waals surface area contributed by atoms with Gasteiger partial charge in [0, 0.05) is 17.0 Å². The van der Waals surface area contributed by atoms with Crippen LogP contribution in [-0.2, 0) is 4.74 Å². The molecule has 0 spiro atoms. The summed E-state index contributed by atoms with van der Waals surface area (Å²) in [5, 5.41) is 6.46. The molecule has 99 valence electrons.